The molecule has 2 rings (SSSR count). The van der Waals surface area contributed by atoms with Crippen LogP contribution in [0.25, 0.3) is 0 Å². The van der Waals surface area contributed by atoms with E-state index in [0.717, 1.165) is 11.0 Å². The quantitative estimate of drug-likeness (QED) is 0.836. The van der Waals surface area contributed by atoms with Crippen LogP contribution in [-0.2, 0) is 6.54 Å². The van der Waals surface area contributed by atoms with Gasteiger partial charge in [-0.2, -0.15) is 0 Å². The van der Waals surface area contributed by atoms with Gasteiger partial charge in [-0.3, -0.25) is 0 Å². The molecule has 1 aromatic heterocycles. The molecule has 0 amide bonds. The van der Waals surface area contributed by atoms with Crippen LogP contribution >= 0.6 is 27.3 Å². The van der Waals surface area contributed by atoms with Gasteiger partial charge in [0.05, 0.1) is 0 Å². The summed E-state index contributed by atoms with van der Waals surface area (Å²) in [5.41, 5.74) is 2.74. The van der Waals surface area contributed by atoms with Crippen LogP contribution in [0, 0.1) is 13.8 Å². The number of nitrogens with one attached hydrogen (secondary N) is 1. The van der Waals surface area contributed by atoms with Crippen molar-refractivity contribution >= 4 is 27.3 Å². The summed E-state index contributed by atoms with van der Waals surface area (Å²) in [4.78, 5) is 2.81. The van der Waals surface area contributed by atoms with E-state index in [-0.39, 0.29) is 0 Å². The smallest absolute Gasteiger partial charge is 0.0294 e. The Balaban J connectivity index is 1.98. The molecule has 1 N–H and O–H groups in total. The van der Waals surface area contributed by atoms with Crippen molar-refractivity contribution in [3.8, 4) is 0 Å². The number of halogens is 1. The summed E-state index contributed by atoms with van der Waals surface area (Å²) in [7, 11) is 0. The fourth-order valence-corrected chi connectivity index (χ4v) is 3.20. The third-order valence-electron chi connectivity index (χ3n) is 3.11. The van der Waals surface area contributed by atoms with Gasteiger partial charge in [-0.25, -0.2) is 0 Å². The van der Waals surface area contributed by atoms with Crippen LogP contribution in [0.2, 0.25) is 0 Å². The fourth-order valence-electron chi connectivity index (χ4n) is 1.99. The van der Waals surface area contributed by atoms with Crippen molar-refractivity contribution in [2.75, 3.05) is 0 Å². The van der Waals surface area contributed by atoms with Crippen LogP contribution < -0.4 is 5.32 Å². The van der Waals surface area contributed by atoms with E-state index in [2.05, 4.69) is 72.3 Å². The predicted molar refractivity (Wildman–Crippen MR) is 83.2 cm³/mol. The van der Waals surface area contributed by atoms with Crippen molar-refractivity contribution in [1.82, 2.24) is 5.32 Å². The zero-order chi connectivity index (χ0) is 13.1. The Labute approximate surface area is 121 Å². The van der Waals surface area contributed by atoms with Gasteiger partial charge in [0, 0.05) is 26.8 Å². The Morgan fingerprint density at radius 2 is 1.89 bits per heavy atom. The molecule has 1 nitrogen and oxygen atoms in total. The molecule has 2 aromatic rings. The predicted octanol–water partition coefficient (Wildman–Crippen LogP) is 4.98. The summed E-state index contributed by atoms with van der Waals surface area (Å²) in [5, 5.41) is 3.58. The van der Waals surface area contributed by atoms with Gasteiger partial charge in [-0.15, -0.1) is 11.3 Å². The van der Waals surface area contributed by atoms with E-state index >= 15 is 0 Å². The second-order valence-electron chi connectivity index (χ2n) is 4.59. The van der Waals surface area contributed by atoms with Crippen LogP contribution in [-0.4, -0.2) is 0 Å². The SMILES string of the molecule is Cc1cc(CN[C@@H](C)c2ccc(Br)cc2)c(C)s1. The lowest BCUT2D eigenvalue weighted by molar-refractivity contribution is 0.574. The summed E-state index contributed by atoms with van der Waals surface area (Å²) in [6.45, 7) is 7.50. The number of rotatable bonds is 4. The van der Waals surface area contributed by atoms with E-state index in [4.69, 9.17) is 0 Å². The Morgan fingerprint density at radius 3 is 2.44 bits per heavy atom. The Hall–Kier alpha value is -0.640. The molecule has 0 saturated heterocycles. The van der Waals surface area contributed by atoms with Gasteiger partial charge in [0.1, 0.15) is 0 Å². The van der Waals surface area contributed by atoms with Gasteiger partial charge in [-0.05, 0) is 50.1 Å². The lowest BCUT2D eigenvalue weighted by Crippen LogP contribution is -2.18. The molecule has 3 heteroatoms. The normalized spacial score (nSPS) is 12.7. The van der Waals surface area contributed by atoms with Crippen molar-refractivity contribution in [1.29, 1.82) is 0 Å². The highest BCUT2D eigenvalue weighted by Gasteiger charge is 2.07. The van der Waals surface area contributed by atoms with Crippen LogP contribution in [0.5, 0.6) is 0 Å². The summed E-state index contributed by atoms with van der Waals surface area (Å²) in [5.74, 6) is 0. The molecular formula is C15H18BrNS. The van der Waals surface area contributed by atoms with Gasteiger partial charge >= 0.3 is 0 Å². The lowest BCUT2D eigenvalue weighted by atomic mass is 10.1. The highest BCUT2D eigenvalue weighted by Crippen LogP contribution is 2.22. The summed E-state index contributed by atoms with van der Waals surface area (Å²) >= 11 is 5.34. The molecule has 18 heavy (non-hydrogen) atoms. The largest absolute Gasteiger partial charge is 0.306 e. The number of benzene rings is 1. The van der Waals surface area contributed by atoms with Crippen molar-refractivity contribution in [2.24, 2.45) is 0 Å². The van der Waals surface area contributed by atoms with E-state index < -0.39 is 0 Å². The molecule has 0 aliphatic carbocycles. The van der Waals surface area contributed by atoms with Crippen molar-refractivity contribution in [2.45, 2.75) is 33.4 Å². The Morgan fingerprint density at radius 1 is 1.22 bits per heavy atom. The van der Waals surface area contributed by atoms with Crippen molar-refractivity contribution in [3.05, 3.63) is 55.7 Å². The van der Waals surface area contributed by atoms with E-state index in [1.54, 1.807) is 0 Å². The molecule has 96 valence electrons. The maximum atomic E-state index is 3.58. The first-order valence-electron chi connectivity index (χ1n) is 6.11. The second-order valence-corrected chi connectivity index (χ2v) is 6.97. The van der Waals surface area contributed by atoms with Crippen LogP contribution in [0.4, 0.5) is 0 Å². The molecule has 0 aliphatic heterocycles. The molecule has 0 unspecified atom stereocenters. The number of aryl methyl sites for hydroxylation is 2. The second kappa shape index (κ2) is 6.00. The van der Waals surface area contributed by atoms with Crippen LogP contribution in [0.15, 0.2) is 34.8 Å². The third kappa shape index (κ3) is 3.44. The van der Waals surface area contributed by atoms with Gasteiger partial charge in [0.15, 0.2) is 0 Å². The Bertz CT molecular complexity index is 516. The molecule has 1 heterocycles. The van der Waals surface area contributed by atoms with E-state index in [1.807, 2.05) is 11.3 Å². The zero-order valence-electron chi connectivity index (χ0n) is 11.0. The summed E-state index contributed by atoms with van der Waals surface area (Å²) < 4.78 is 1.13. The molecule has 1 atom stereocenters. The number of hydrogen-bond donors (Lipinski definition) is 1. The van der Waals surface area contributed by atoms with Gasteiger partial charge in [0.25, 0.3) is 0 Å². The molecule has 0 bridgehead atoms. The van der Waals surface area contributed by atoms with Crippen molar-refractivity contribution in [3.63, 3.8) is 0 Å². The molecule has 0 radical (unpaired) electrons. The minimum Gasteiger partial charge on any atom is -0.306 e. The minimum absolute atomic E-state index is 0.373. The maximum absolute atomic E-state index is 3.58. The fraction of sp³-hybridized carbons (Fsp3) is 0.333. The lowest BCUT2D eigenvalue weighted by Gasteiger charge is -2.14. The number of thiophene rings is 1. The molecule has 0 fully saturated rings. The van der Waals surface area contributed by atoms with E-state index in [9.17, 15) is 0 Å². The first-order chi connectivity index (χ1) is 8.56. The highest BCUT2D eigenvalue weighted by atomic mass is 79.9. The molecule has 1 aromatic carbocycles. The first-order valence-corrected chi connectivity index (χ1v) is 7.72. The van der Waals surface area contributed by atoms with Gasteiger partial charge in [0.2, 0.25) is 0 Å². The molecular weight excluding hydrogens is 306 g/mol. The highest BCUT2D eigenvalue weighted by molar-refractivity contribution is 9.10. The minimum atomic E-state index is 0.373. The van der Waals surface area contributed by atoms with Gasteiger partial charge in [-0.1, -0.05) is 28.1 Å². The number of hydrogen-bond acceptors (Lipinski definition) is 2. The molecule has 0 spiro atoms. The summed E-state index contributed by atoms with van der Waals surface area (Å²) in [6, 6.07) is 11.2. The first kappa shape index (κ1) is 13.8. The molecule has 0 saturated carbocycles. The third-order valence-corrected chi connectivity index (χ3v) is 4.65. The standard InChI is InChI=1S/C15H18BrNS/c1-10-8-14(12(3)18-10)9-17-11(2)13-4-6-15(16)7-5-13/h4-8,11,17H,9H2,1-3H3/t11-/m0/s1. The van der Waals surface area contributed by atoms with Crippen LogP contribution in [0.3, 0.4) is 0 Å². The van der Waals surface area contributed by atoms with Crippen molar-refractivity contribution < 1.29 is 0 Å². The van der Waals surface area contributed by atoms with Crippen LogP contribution in [0.1, 0.15) is 33.8 Å². The maximum Gasteiger partial charge on any atom is 0.0294 e. The summed E-state index contributed by atoms with van der Waals surface area (Å²) in [6.07, 6.45) is 0. The topological polar surface area (TPSA) is 12.0 Å². The Kier molecular flexibility index (Phi) is 4.60. The average Bonchev–Trinajstić information content (AvgIpc) is 2.66. The van der Waals surface area contributed by atoms with E-state index in [1.165, 1.54) is 20.9 Å². The zero-order valence-corrected chi connectivity index (χ0v) is 13.4. The van der Waals surface area contributed by atoms with E-state index in [0.29, 0.717) is 6.04 Å². The average molecular weight is 324 g/mol. The van der Waals surface area contributed by atoms with Gasteiger partial charge < -0.3 is 5.32 Å². The monoisotopic (exact) mass is 323 g/mol. The molecule has 0 aliphatic rings.